The minimum Gasteiger partial charge on any atom is -0.508 e. The Kier molecular flexibility index (Phi) is 3.43. The van der Waals surface area contributed by atoms with E-state index in [9.17, 15) is 9.90 Å². The lowest BCUT2D eigenvalue weighted by molar-refractivity contribution is 0.0693. The zero-order valence-corrected chi connectivity index (χ0v) is 11.9. The molecule has 0 heterocycles. The van der Waals surface area contributed by atoms with Crippen molar-refractivity contribution in [3.05, 3.63) is 60.2 Å². The number of phenols is 1. The summed E-state index contributed by atoms with van der Waals surface area (Å²) in [6.07, 6.45) is 0. The first kappa shape index (κ1) is 13.9. The van der Waals surface area contributed by atoms with Crippen molar-refractivity contribution in [3.8, 4) is 22.6 Å². The molecule has 0 unspecified atom stereocenters. The molecule has 2 N–H and O–H groups in total. The molecule has 0 fully saturated rings. The number of aromatic hydroxyl groups is 1. The molecule has 0 saturated heterocycles. The number of carboxylic acids is 1. The molecule has 0 aliphatic rings. The van der Waals surface area contributed by atoms with Crippen molar-refractivity contribution < 1.29 is 19.7 Å². The van der Waals surface area contributed by atoms with Gasteiger partial charge in [0.2, 0.25) is 0 Å². The molecule has 0 aromatic heterocycles. The Morgan fingerprint density at radius 1 is 0.909 bits per heavy atom. The molecule has 0 aliphatic carbocycles. The van der Waals surface area contributed by atoms with Crippen molar-refractivity contribution in [2.45, 2.75) is 0 Å². The zero-order chi connectivity index (χ0) is 15.7. The Balaban J connectivity index is 2.10. The van der Waals surface area contributed by atoms with E-state index in [1.807, 2.05) is 24.3 Å². The summed E-state index contributed by atoms with van der Waals surface area (Å²) in [6, 6.07) is 16.0. The van der Waals surface area contributed by atoms with E-state index in [2.05, 4.69) is 0 Å². The van der Waals surface area contributed by atoms with Crippen LogP contribution >= 0.6 is 0 Å². The normalized spacial score (nSPS) is 10.6. The number of fused-ring (bicyclic) bond motifs is 1. The number of carboxylic acid groups (broad SMARTS) is 1. The molecule has 0 aliphatic heterocycles. The summed E-state index contributed by atoms with van der Waals surface area (Å²) in [6.45, 7) is 0. The van der Waals surface area contributed by atoms with Crippen LogP contribution in [-0.2, 0) is 0 Å². The predicted octanol–water partition coefficient (Wildman–Crippen LogP) is 3.92. The van der Waals surface area contributed by atoms with E-state index in [1.54, 1.807) is 24.3 Å². The van der Waals surface area contributed by atoms with E-state index in [-0.39, 0.29) is 11.3 Å². The average Bonchev–Trinajstić information content (AvgIpc) is 2.53. The zero-order valence-electron chi connectivity index (χ0n) is 11.9. The number of rotatable bonds is 3. The van der Waals surface area contributed by atoms with Crippen molar-refractivity contribution in [2.24, 2.45) is 0 Å². The molecule has 3 rings (SSSR count). The van der Waals surface area contributed by atoms with Gasteiger partial charge in [-0.2, -0.15) is 0 Å². The van der Waals surface area contributed by atoms with Crippen molar-refractivity contribution in [1.29, 1.82) is 0 Å². The molecule has 0 bridgehead atoms. The molecule has 4 nitrogen and oxygen atoms in total. The molecule has 4 heteroatoms. The number of hydrogen-bond donors (Lipinski definition) is 2. The molecule has 110 valence electrons. The highest BCUT2D eigenvalue weighted by Gasteiger charge is 2.12. The molecule has 3 aromatic rings. The van der Waals surface area contributed by atoms with Gasteiger partial charge in [0.15, 0.2) is 0 Å². The summed E-state index contributed by atoms with van der Waals surface area (Å²) in [5.41, 5.74) is 1.96. The van der Waals surface area contributed by atoms with Crippen LogP contribution in [0.1, 0.15) is 10.4 Å². The second-order valence-electron chi connectivity index (χ2n) is 4.97. The first-order valence-corrected chi connectivity index (χ1v) is 6.73. The third kappa shape index (κ3) is 2.46. The van der Waals surface area contributed by atoms with E-state index < -0.39 is 5.97 Å². The fraction of sp³-hybridized carbons (Fsp3) is 0.0556. The number of carbonyl (C=O) groups is 1. The maximum absolute atomic E-state index is 11.1. The first-order valence-electron chi connectivity index (χ1n) is 6.73. The Morgan fingerprint density at radius 3 is 2.27 bits per heavy atom. The average molecular weight is 294 g/mol. The summed E-state index contributed by atoms with van der Waals surface area (Å²) in [7, 11) is 1.45. The van der Waals surface area contributed by atoms with Gasteiger partial charge < -0.3 is 14.9 Å². The SMILES string of the molecule is COc1cc(-c2ccc3cc(O)ccc3c2)ccc1C(=O)O. The molecule has 0 radical (unpaired) electrons. The van der Waals surface area contributed by atoms with Crippen molar-refractivity contribution in [3.63, 3.8) is 0 Å². The third-order valence-corrected chi connectivity index (χ3v) is 3.59. The summed E-state index contributed by atoms with van der Waals surface area (Å²) in [5, 5.41) is 20.6. The van der Waals surface area contributed by atoms with Crippen LogP contribution in [0.2, 0.25) is 0 Å². The molecule has 0 spiro atoms. The van der Waals surface area contributed by atoms with E-state index in [0.717, 1.165) is 21.9 Å². The van der Waals surface area contributed by atoms with Crippen LogP contribution in [0, 0.1) is 0 Å². The Labute approximate surface area is 127 Å². The van der Waals surface area contributed by atoms with E-state index >= 15 is 0 Å². The van der Waals surface area contributed by atoms with Gasteiger partial charge in [-0.05, 0) is 52.2 Å². The van der Waals surface area contributed by atoms with Gasteiger partial charge in [0.1, 0.15) is 17.1 Å². The van der Waals surface area contributed by atoms with Crippen LogP contribution in [0.3, 0.4) is 0 Å². The molecule has 0 atom stereocenters. The van der Waals surface area contributed by atoms with Crippen LogP contribution in [0.25, 0.3) is 21.9 Å². The maximum Gasteiger partial charge on any atom is 0.339 e. The maximum atomic E-state index is 11.1. The van der Waals surface area contributed by atoms with Gasteiger partial charge in [0.25, 0.3) is 0 Å². The van der Waals surface area contributed by atoms with E-state index in [4.69, 9.17) is 9.84 Å². The predicted molar refractivity (Wildman–Crippen MR) is 84.6 cm³/mol. The van der Waals surface area contributed by atoms with Gasteiger partial charge in [0, 0.05) is 0 Å². The highest BCUT2D eigenvalue weighted by Crippen LogP contribution is 2.30. The van der Waals surface area contributed by atoms with E-state index in [1.165, 1.54) is 13.2 Å². The third-order valence-electron chi connectivity index (χ3n) is 3.59. The highest BCUT2D eigenvalue weighted by atomic mass is 16.5. The Hall–Kier alpha value is -3.01. The number of methoxy groups -OCH3 is 1. The van der Waals surface area contributed by atoms with Crippen molar-refractivity contribution >= 4 is 16.7 Å². The van der Waals surface area contributed by atoms with E-state index in [0.29, 0.717) is 5.75 Å². The summed E-state index contributed by atoms with van der Waals surface area (Å²) in [4.78, 5) is 11.1. The van der Waals surface area contributed by atoms with Gasteiger partial charge >= 0.3 is 5.97 Å². The molecule has 3 aromatic carbocycles. The number of phenolic OH excluding ortho intramolecular Hbond substituents is 1. The topological polar surface area (TPSA) is 66.8 Å². The standard InChI is InChI=1S/C18H14O4/c1-22-17-10-14(5-7-16(17)18(20)21)11-2-3-13-9-15(19)6-4-12(13)8-11/h2-10,19H,1H3,(H,20,21). The fourth-order valence-electron chi connectivity index (χ4n) is 2.46. The minimum atomic E-state index is -1.02. The lowest BCUT2D eigenvalue weighted by atomic mass is 9.99. The molecule has 0 amide bonds. The Morgan fingerprint density at radius 2 is 1.55 bits per heavy atom. The summed E-state index contributed by atoms with van der Waals surface area (Å²) < 4.78 is 5.16. The molecular formula is C18H14O4. The van der Waals surface area contributed by atoms with Crippen molar-refractivity contribution in [2.75, 3.05) is 7.11 Å². The lowest BCUT2D eigenvalue weighted by Crippen LogP contribution is -2.00. The number of hydrogen-bond acceptors (Lipinski definition) is 3. The van der Waals surface area contributed by atoms with Crippen molar-refractivity contribution in [1.82, 2.24) is 0 Å². The quantitative estimate of drug-likeness (QED) is 0.768. The van der Waals surface area contributed by atoms with Gasteiger partial charge in [-0.3, -0.25) is 0 Å². The minimum absolute atomic E-state index is 0.136. The first-order chi connectivity index (χ1) is 10.6. The monoisotopic (exact) mass is 294 g/mol. The van der Waals surface area contributed by atoms with Crippen LogP contribution in [0.15, 0.2) is 54.6 Å². The van der Waals surface area contributed by atoms with Crippen LogP contribution in [0.5, 0.6) is 11.5 Å². The number of aromatic carboxylic acids is 1. The fourth-order valence-corrected chi connectivity index (χ4v) is 2.46. The second-order valence-corrected chi connectivity index (χ2v) is 4.97. The van der Waals surface area contributed by atoms with Gasteiger partial charge in [-0.25, -0.2) is 4.79 Å². The largest absolute Gasteiger partial charge is 0.508 e. The van der Waals surface area contributed by atoms with Gasteiger partial charge in [0.05, 0.1) is 7.11 Å². The second kappa shape index (κ2) is 5.41. The smallest absolute Gasteiger partial charge is 0.339 e. The lowest BCUT2D eigenvalue weighted by Gasteiger charge is -2.09. The van der Waals surface area contributed by atoms with Crippen LogP contribution in [-0.4, -0.2) is 23.3 Å². The highest BCUT2D eigenvalue weighted by molar-refractivity contribution is 5.93. The summed E-state index contributed by atoms with van der Waals surface area (Å²) in [5.74, 6) is -0.457. The number of ether oxygens (including phenoxy) is 1. The molecular weight excluding hydrogens is 280 g/mol. The summed E-state index contributed by atoms with van der Waals surface area (Å²) >= 11 is 0. The van der Waals surface area contributed by atoms with Gasteiger partial charge in [-0.15, -0.1) is 0 Å². The molecule has 0 saturated carbocycles. The van der Waals surface area contributed by atoms with Crippen LogP contribution < -0.4 is 4.74 Å². The van der Waals surface area contributed by atoms with Crippen LogP contribution in [0.4, 0.5) is 0 Å². The van der Waals surface area contributed by atoms with Gasteiger partial charge in [-0.1, -0.05) is 24.3 Å². The Bertz CT molecular complexity index is 868. The number of benzene rings is 3. The molecule has 22 heavy (non-hydrogen) atoms.